The summed E-state index contributed by atoms with van der Waals surface area (Å²) in [5.74, 6) is 0.469. The van der Waals surface area contributed by atoms with E-state index in [9.17, 15) is 4.79 Å². The van der Waals surface area contributed by atoms with Crippen LogP contribution in [0.5, 0.6) is 0 Å². The third kappa shape index (κ3) is 4.45. The molecule has 0 bridgehead atoms. The number of anilines is 2. The van der Waals surface area contributed by atoms with Gasteiger partial charge in [-0.2, -0.15) is 0 Å². The number of hydrogen-bond donors (Lipinski definition) is 1. The number of nitrogen functional groups attached to an aromatic ring is 1. The van der Waals surface area contributed by atoms with Crippen LogP contribution in [0.2, 0.25) is 0 Å². The van der Waals surface area contributed by atoms with Gasteiger partial charge in [0.1, 0.15) is 0 Å². The topological polar surface area (TPSA) is 72.1 Å². The van der Waals surface area contributed by atoms with Crippen LogP contribution < -0.4 is 10.6 Å². The van der Waals surface area contributed by atoms with Gasteiger partial charge in [0.15, 0.2) is 5.78 Å². The first kappa shape index (κ1) is 19.1. The standard InChI is InChI=1S/C24H26N4O/c1-2-4-17-7-9-18(10-8-17)13-23(29)19-5-3-6-21(14-19)28-12-11-22-20(16-28)15-26-24(25)27-22/h3,5-10,14-15H,2,4,11-13,16H2,1H3,(H2,25,26,27). The number of Topliss-reactive ketones (excluding diaryl/α,β-unsaturated/α-hetero) is 1. The molecular weight excluding hydrogens is 360 g/mol. The van der Waals surface area contributed by atoms with Crippen LogP contribution >= 0.6 is 0 Å². The van der Waals surface area contributed by atoms with Crippen LogP contribution in [0.1, 0.15) is 46.1 Å². The number of ketones is 1. The Morgan fingerprint density at radius 1 is 1.14 bits per heavy atom. The van der Waals surface area contributed by atoms with Gasteiger partial charge in [-0.3, -0.25) is 4.79 Å². The van der Waals surface area contributed by atoms with Crippen molar-refractivity contribution in [2.75, 3.05) is 17.2 Å². The highest BCUT2D eigenvalue weighted by atomic mass is 16.1. The second-order valence-electron chi connectivity index (χ2n) is 7.59. The lowest BCUT2D eigenvalue weighted by molar-refractivity contribution is 0.0993. The van der Waals surface area contributed by atoms with Gasteiger partial charge in [-0.1, -0.05) is 49.7 Å². The van der Waals surface area contributed by atoms with Crippen molar-refractivity contribution in [3.05, 3.63) is 82.7 Å². The van der Waals surface area contributed by atoms with Gasteiger partial charge in [-0.15, -0.1) is 0 Å². The summed E-state index contributed by atoms with van der Waals surface area (Å²) >= 11 is 0. The SMILES string of the molecule is CCCc1ccc(CC(=O)c2cccc(N3CCc4nc(N)ncc4C3)c2)cc1. The average molecular weight is 386 g/mol. The molecule has 3 aromatic rings. The van der Waals surface area contributed by atoms with Gasteiger partial charge in [-0.05, 0) is 29.7 Å². The lowest BCUT2D eigenvalue weighted by atomic mass is 10.00. The predicted octanol–water partition coefficient (Wildman–Crippen LogP) is 4.00. The maximum atomic E-state index is 12.8. The van der Waals surface area contributed by atoms with E-state index in [1.807, 2.05) is 18.2 Å². The Morgan fingerprint density at radius 2 is 1.93 bits per heavy atom. The summed E-state index contributed by atoms with van der Waals surface area (Å²) in [6, 6.07) is 16.3. The molecule has 0 saturated carbocycles. The van der Waals surface area contributed by atoms with Crippen molar-refractivity contribution >= 4 is 17.4 Å². The van der Waals surface area contributed by atoms with Gasteiger partial charge in [0.05, 0.1) is 5.69 Å². The summed E-state index contributed by atoms with van der Waals surface area (Å²) in [4.78, 5) is 23.6. The zero-order valence-corrected chi connectivity index (χ0v) is 16.8. The van der Waals surface area contributed by atoms with Crippen molar-refractivity contribution in [3.63, 3.8) is 0 Å². The summed E-state index contributed by atoms with van der Waals surface area (Å²) in [6.45, 7) is 3.75. The molecule has 0 atom stereocenters. The minimum absolute atomic E-state index is 0.142. The van der Waals surface area contributed by atoms with E-state index in [0.29, 0.717) is 12.4 Å². The Balaban J connectivity index is 1.47. The molecule has 148 valence electrons. The number of fused-ring (bicyclic) bond motifs is 1. The minimum Gasteiger partial charge on any atom is -0.368 e. The van der Waals surface area contributed by atoms with E-state index in [1.165, 1.54) is 5.56 Å². The second-order valence-corrected chi connectivity index (χ2v) is 7.59. The number of carbonyl (C=O) groups is 1. The number of carbonyl (C=O) groups excluding carboxylic acids is 1. The van der Waals surface area contributed by atoms with Gasteiger partial charge in [-0.25, -0.2) is 9.97 Å². The molecule has 2 aromatic carbocycles. The van der Waals surface area contributed by atoms with E-state index in [-0.39, 0.29) is 5.78 Å². The fourth-order valence-electron chi connectivity index (χ4n) is 3.83. The first-order valence-electron chi connectivity index (χ1n) is 10.2. The van der Waals surface area contributed by atoms with E-state index in [1.54, 1.807) is 6.20 Å². The second kappa shape index (κ2) is 8.43. The Bertz CT molecular complexity index is 1010. The van der Waals surface area contributed by atoms with E-state index in [0.717, 1.165) is 60.4 Å². The summed E-state index contributed by atoms with van der Waals surface area (Å²) in [6.07, 6.45) is 5.26. The Hall–Kier alpha value is -3.21. The molecule has 4 rings (SSSR count). The van der Waals surface area contributed by atoms with Crippen LogP contribution in [-0.2, 0) is 25.8 Å². The number of hydrogen-bond acceptors (Lipinski definition) is 5. The monoisotopic (exact) mass is 386 g/mol. The molecule has 5 nitrogen and oxygen atoms in total. The van der Waals surface area contributed by atoms with E-state index < -0.39 is 0 Å². The van der Waals surface area contributed by atoms with Crippen LogP contribution in [0, 0.1) is 0 Å². The van der Waals surface area contributed by atoms with E-state index >= 15 is 0 Å². The lowest BCUT2D eigenvalue weighted by Crippen LogP contribution is -2.31. The van der Waals surface area contributed by atoms with Crippen molar-refractivity contribution in [3.8, 4) is 0 Å². The first-order chi connectivity index (χ1) is 14.1. The third-order valence-corrected chi connectivity index (χ3v) is 5.41. The fraction of sp³-hybridized carbons (Fsp3) is 0.292. The molecule has 29 heavy (non-hydrogen) atoms. The van der Waals surface area contributed by atoms with Crippen molar-refractivity contribution in [2.24, 2.45) is 0 Å². The molecule has 1 aliphatic heterocycles. The molecule has 0 fully saturated rings. The Kier molecular flexibility index (Phi) is 5.56. The maximum absolute atomic E-state index is 12.8. The highest BCUT2D eigenvalue weighted by Gasteiger charge is 2.19. The molecule has 1 aliphatic rings. The first-order valence-corrected chi connectivity index (χ1v) is 10.2. The molecule has 2 N–H and O–H groups in total. The molecule has 0 radical (unpaired) electrons. The van der Waals surface area contributed by atoms with Crippen molar-refractivity contribution in [2.45, 2.75) is 39.2 Å². The van der Waals surface area contributed by atoms with Gasteiger partial charge in [0.25, 0.3) is 0 Å². The molecule has 0 unspecified atom stereocenters. The van der Waals surface area contributed by atoms with Crippen LogP contribution in [0.4, 0.5) is 11.6 Å². The zero-order chi connectivity index (χ0) is 20.2. The number of benzene rings is 2. The average Bonchev–Trinajstić information content (AvgIpc) is 2.75. The molecule has 2 heterocycles. The van der Waals surface area contributed by atoms with Crippen molar-refractivity contribution < 1.29 is 4.79 Å². The molecular formula is C24H26N4O. The highest BCUT2D eigenvalue weighted by Crippen LogP contribution is 2.25. The largest absolute Gasteiger partial charge is 0.368 e. The van der Waals surface area contributed by atoms with Crippen LogP contribution in [0.15, 0.2) is 54.7 Å². The van der Waals surface area contributed by atoms with E-state index in [2.05, 4.69) is 52.1 Å². The number of nitrogens with two attached hydrogens (primary N) is 1. The molecule has 5 heteroatoms. The highest BCUT2D eigenvalue weighted by molar-refractivity contribution is 5.98. The third-order valence-electron chi connectivity index (χ3n) is 5.41. The number of aryl methyl sites for hydroxylation is 1. The summed E-state index contributed by atoms with van der Waals surface area (Å²) in [5.41, 5.74) is 12.0. The summed E-state index contributed by atoms with van der Waals surface area (Å²) < 4.78 is 0. The van der Waals surface area contributed by atoms with Gasteiger partial charge < -0.3 is 10.6 Å². The quantitative estimate of drug-likeness (QED) is 0.648. The van der Waals surface area contributed by atoms with Gasteiger partial charge in [0, 0.05) is 48.9 Å². The lowest BCUT2D eigenvalue weighted by Gasteiger charge is -2.30. The molecule has 0 saturated heterocycles. The van der Waals surface area contributed by atoms with Crippen molar-refractivity contribution in [1.82, 2.24) is 9.97 Å². The zero-order valence-electron chi connectivity index (χ0n) is 16.8. The molecule has 0 aliphatic carbocycles. The van der Waals surface area contributed by atoms with Crippen LogP contribution in [-0.4, -0.2) is 22.3 Å². The number of nitrogens with zero attached hydrogens (tertiary/aromatic N) is 3. The van der Waals surface area contributed by atoms with Gasteiger partial charge >= 0.3 is 0 Å². The predicted molar refractivity (Wildman–Crippen MR) is 116 cm³/mol. The fourth-order valence-corrected chi connectivity index (χ4v) is 3.83. The smallest absolute Gasteiger partial charge is 0.220 e. The summed E-state index contributed by atoms with van der Waals surface area (Å²) in [5, 5.41) is 0. The molecule has 0 spiro atoms. The molecule has 1 aromatic heterocycles. The number of aromatic nitrogens is 2. The van der Waals surface area contributed by atoms with Crippen LogP contribution in [0.3, 0.4) is 0 Å². The minimum atomic E-state index is 0.142. The van der Waals surface area contributed by atoms with Crippen LogP contribution in [0.25, 0.3) is 0 Å². The normalized spacial score (nSPS) is 13.2. The molecule has 0 amide bonds. The number of rotatable bonds is 6. The van der Waals surface area contributed by atoms with Gasteiger partial charge in [0.2, 0.25) is 5.95 Å². The summed E-state index contributed by atoms with van der Waals surface area (Å²) in [7, 11) is 0. The van der Waals surface area contributed by atoms with E-state index in [4.69, 9.17) is 5.73 Å². The Labute approximate surface area is 171 Å². The Morgan fingerprint density at radius 3 is 2.72 bits per heavy atom. The maximum Gasteiger partial charge on any atom is 0.220 e. The van der Waals surface area contributed by atoms with Crippen molar-refractivity contribution in [1.29, 1.82) is 0 Å².